The number of furan rings is 1. The molecule has 37 heavy (non-hydrogen) atoms. The molecule has 2 aromatic carbocycles. The molecule has 1 N–H and O–H groups in total. The molecule has 194 valence electrons. The maximum Gasteiger partial charge on any atom is 0.223 e. The molecule has 1 amide bonds. The van der Waals surface area contributed by atoms with Crippen molar-refractivity contribution in [2.45, 2.75) is 39.0 Å². The highest BCUT2D eigenvalue weighted by molar-refractivity contribution is 5.84. The number of fused-ring (bicyclic) bond motifs is 1. The predicted octanol–water partition coefficient (Wildman–Crippen LogP) is 6.70. The molecule has 1 atom stereocenters. The van der Waals surface area contributed by atoms with Crippen molar-refractivity contribution in [2.24, 2.45) is 0 Å². The minimum Gasteiger partial charge on any atom is -0.453 e. The lowest BCUT2D eigenvalue weighted by Gasteiger charge is -2.26. The van der Waals surface area contributed by atoms with Crippen LogP contribution in [0.25, 0.3) is 11.0 Å². The van der Waals surface area contributed by atoms with E-state index in [0.717, 1.165) is 50.0 Å². The first kappa shape index (κ1) is 27.9. The monoisotopic (exact) mass is 498 g/mol. The van der Waals surface area contributed by atoms with E-state index in [-0.39, 0.29) is 11.8 Å². The Hall–Kier alpha value is -3.70. The van der Waals surface area contributed by atoms with Crippen LogP contribution in [0, 0.1) is 0 Å². The van der Waals surface area contributed by atoms with Crippen LogP contribution >= 0.6 is 0 Å². The van der Waals surface area contributed by atoms with Gasteiger partial charge in [0.05, 0.1) is 0 Å². The molecule has 0 saturated heterocycles. The van der Waals surface area contributed by atoms with Gasteiger partial charge >= 0.3 is 0 Å². The molecule has 1 unspecified atom stereocenters. The first-order valence-electron chi connectivity index (χ1n) is 13.2. The maximum atomic E-state index is 13.0. The first-order valence-corrected chi connectivity index (χ1v) is 13.2. The lowest BCUT2D eigenvalue weighted by atomic mass is 9.86. The minimum atomic E-state index is 0.138. The number of aldehydes is 1. The molecule has 1 aliphatic carbocycles. The number of benzene rings is 2. The summed E-state index contributed by atoms with van der Waals surface area (Å²) >= 11 is 0. The number of nitrogens with zero attached hydrogens (tertiary/aromatic N) is 1. The van der Waals surface area contributed by atoms with Gasteiger partial charge in [0.15, 0.2) is 12.0 Å². The standard InChI is InChI=1S/C23H32N2O.C9H6O2/c1-3-24-17-12-18-25(4-2)23(26)19-22(21-15-10-7-11-16-21)20-13-8-5-6-9-14-20;10-6-8-5-7-3-1-2-4-9(7)11-8/h5-11,13,15-16,22,24H,3-4,12,14,17-19H2,1-2H3;1-6H. The van der Waals surface area contributed by atoms with Gasteiger partial charge in [-0.15, -0.1) is 0 Å². The fourth-order valence-corrected chi connectivity index (χ4v) is 4.40. The van der Waals surface area contributed by atoms with Gasteiger partial charge in [0.25, 0.3) is 0 Å². The van der Waals surface area contributed by atoms with Gasteiger partial charge in [-0.05, 0) is 50.6 Å². The van der Waals surface area contributed by atoms with Crippen molar-refractivity contribution in [1.29, 1.82) is 0 Å². The van der Waals surface area contributed by atoms with Crippen LogP contribution in [0.1, 0.15) is 55.1 Å². The van der Waals surface area contributed by atoms with E-state index in [0.29, 0.717) is 18.5 Å². The van der Waals surface area contributed by atoms with E-state index in [1.807, 2.05) is 35.2 Å². The van der Waals surface area contributed by atoms with Gasteiger partial charge in [-0.1, -0.05) is 91.4 Å². The zero-order valence-corrected chi connectivity index (χ0v) is 21.9. The van der Waals surface area contributed by atoms with E-state index in [4.69, 9.17) is 4.42 Å². The largest absolute Gasteiger partial charge is 0.453 e. The Bertz CT molecular complexity index is 1170. The van der Waals surface area contributed by atoms with Crippen LogP contribution < -0.4 is 5.32 Å². The third-order valence-electron chi connectivity index (χ3n) is 6.38. The highest BCUT2D eigenvalue weighted by Gasteiger charge is 2.22. The molecule has 0 bridgehead atoms. The predicted molar refractivity (Wildman–Crippen MR) is 152 cm³/mol. The lowest BCUT2D eigenvalue weighted by Crippen LogP contribution is -2.34. The average Bonchev–Trinajstić information content (AvgIpc) is 3.18. The third kappa shape index (κ3) is 8.72. The SMILES string of the molecule is CCNCCCN(CC)C(=O)CC(C1=CC=CC=CC1)c1ccccc1.O=Cc1cc2ccccc2o1. The quantitative estimate of drug-likeness (QED) is 0.236. The summed E-state index contributed by atoms with van der Waals surface area (Å²) in [5.74, 6) is 0.765. The van der Waals surface area contributed by atoms with Crippen LogP contribution in [-0.4, -0.2) is 43.3 Å². The van der Waals surface area contributed by atoms with E-state index < -0.39 is 0 Å². The van der Waals surface area contributed by atoms with E-state index in [2.05, 4.69) is 73.8 Å². The lowest BCUT2D eigenvalue weighted by molar-refractivity contribution is -0.131. The van der Waals surface area contributed by atoms with Crippen molar-refractivity contribution in [3.8, 4) is 0 Å². The Morgan fingerprint density at radius 2 is 1.84 bits per heavy atom. The summed E-state index contributed by atoms with van der Waals surface area (Å²) in [7, 11) is 0. The van der Waals surface area contributed by atoms with Crippen LogP contribution in [0.3, 0.4) is 0 Å². The molecule has 0 saturated carbocycles. The number of allylic oxidation sites excluding steroid dienone is 6. The van der Waals surface area contributed by atoms with Crippen LogP contribution in [0.4, 0.5) is 0 Å². The van der Waals surface area contributed by atoms with Gasteiger partial charge in [0.1, 0.15) is 5.58 Å². The molecule has 1 aromatic heterocycles. The van der Waals surface area contributed by atoms with Gasteiger partial charge in [-0.3, -0.25) is 9.59 Å². The molecule has 3 aromatic rings. The van der Waals surface area contributed by atoms with Gasteiger partial charge in [-0.25, -0.2) is 0 Å². The molecule has 1 heterocycles. The van der Waals surface area contributed by atoms with Gasteiger partial charge in [0, 0.05) is 30.8 Å². The van der Waals surface area contributed by atoms with Crippen LogP contribution in [-0.2, 0) is 4.79 Å². The summed E-state index contributed by atoms with van der Waals surface area (Å²) in [5, 5.41) is 4.30. The average molecular weight is 499 g/mol. The number of nitrogens with one attached hydrogen (secondary N) is 1. The Balaban J connectivity index is 0.000000284. The minimum absolute atomic E-state index is 0.138. The van der Waals surface area contributed by atoms with Crippen molar-refractivity contribution < 1.29 is 14.0 Å². The molecular formula is C32H38N2O3. The highest BCUT2D eigenvalue weighted by Crippen LogP contribution is 2.32. The van der Waals surface area contributed by atoms with Gasteiger partial charge < -0.3 is 14.6 Å². The maximum absolute atomic E-state index is 13.0. The molecule has 0 fully saturated rings. The van der Waals surface area contributed by atoms with E-state index in [9.17, 15) is 9.59 Å². The van der Waals surface area contributed by atoms with Crippen LogP contribution in [0.15, 0.2) is 101 Å². The topological polar surface area (TPSA) is 62.6 Å². The molecule has 1 aliphatic rings. The summed E-state index contributed by atoms with van der Waals surface area (Å²) in [4.78, 5) is 25.3. The summed E-state index contributed by atoms with van der Waals surface area (Å²) in [5.41, 5.74) is 3.28. The molecule has 4 rings (SSSR count). The van der Waals surface area contributed by atoms with E-state index in [1.54, 1.807) is 6.07 Å². The molecular weight excluding hydrogens is 460 g/mol. The fourth-order valence-electron chi connectivity index (χ4n) is 4.40. The normalized spacial score (nSPS) is 13.3. The number of carbonyl (C=O) groups excluding carboxylic acids is 2. The Morgan fingerprint density at radius 1 is 1.05 bits per heavy atom. The highest BCUT2D eigenvalue weighted by atomic mass is 16.3. The second-order valence-electron chi connectivity index (χ2n) is 8.91. The molecule has 5 nitrogen and oxygen atoms in total. The Labute approximate surface area is 220 Å². The van der Waals surface area contributed by atoms with Crippen molar-refractivity contribution in [3.63, 3.8) is 0 Å². The number of rotatable bonds is 11. The smallest absolute Gasteiger partial charge is 0.223 e. The zero-order chi connectivity index (χ0) is 26.3. The first-order chi connectivity index (χ1) is 18.2. The van der Waals surface area contributed by atoms with Gasteiger partial charge in [-0.2, -0.15) is 0 Å². The zero-order valence-electron chi connectivity index (χ0n) is 21.9. The summed E-state index contributed by atoms with van der Waals surface area (Å²) in [6, 6.07) is 19.7. The fraction of sp³-hybridized carbons (Fsp3) is 0.312. The third-order valence-corrected chi connectivity index (χ3v) is 6.38. The number of amides is 1. The molecule has 0 radical (unpaired) electrons. The van der Waals surface area contributed by atoms with Crippen molar-refractivity contribution in [3.05, 3.63) is 108 Å². The summed E-state index contributed by atoms with van der Waals surface area (Å²) < 4.78 is 5.15. The van der Waals surface area contributed by atoms with Gasteiger partial charge in [0.2, 0.25) is 5.91 Å². The molecule has 5 heteroatoms. The Kier molecular flexibility index (Phi) is 11.6. The van der Waals surface area contributed by atoms with Crippen LogP contribution in [0.5, 0.6) is 0 Å². The number of hydrogen-bond acceptors (Lipinski definition) is 4. The molecule has 0 aliphatic heterocycles. The van der Waals surface area contributed by atoms with Crippen molar-refractivity contribution >= 4 is 23.2 Å². The number of hydrogen-bond donors (Lipinski definition) is 1. The number of para-hydroxylation sites is 1. The van der Waals surface area contributed by atoms with E-state index >= 15 is 0 Å². The Morgan fingerprint density at radius 3 is 2.57 bits per heavy atom. The van der Waals surface area contributed by atoms with E-state index in [1.165, 1.54) is 11.1 Å². The summed E-state index contributed by atoms with van der Waals surface area (Å²) in [6.07, 6.45) is 13.7. The van der Waals surface area contributed by atoms with Crippen molar-refractivity contribution in [1.82, 2.24) is 10.2 Å². The second kappa shape index (κ2) is 15.4. The molecule has 0 spiro atoms. The van der Waals surface area contributed by atoms with Crippen LogP contribution in [0.2, 0.25) is 0 Å². The number of carbonyl (C=O) groups is 2. The van der Waals surface area contributed by atoms with Crippen molar-refractivity contribution in [2.75, 3.05) is 26.2 Å². The second-order valence-corrected chi connectivity index (χ2v) is 8.91. The summed E-state index contributed by atoms with van der Waals surface area (Å²) in [6.45, 7) is 7.71.